The summed E-state index contributed by atoms with van der Waals surface area (Å²) in [6, 6.07) is 14.2. The molecule has 0 aliphatic carbocycles. The van der Waals surface area contributed by atoms with E-state index in [0.717, 1.165) is 5.69 Å². The average Bonchev–Trinajstić information content (AvgIpc) is 2.63. The molecule has 1 amide bonds. The predicted octanol–water partition coefficient (Wildman–Crippen LogP) is 4.22. The molecule has 0 spiro atoms. The molecule has 0 radical (unpaired) electrons. The topological polar surface area (TPSA) is 62.4 Å². The van der Waals surface area contributed by atoms with Crippen molar-refractivity contribution in [2.75, 3.05) is 17.2 Å². The molecule has 26 heavy (non-hydrogen) atoms. The number of hydrogen-bond donors (Lipinski definition) is 3. The summed E-state index contributed by atoms with van der Waals surface area (Å²) in [5.74, 6) is 0.200. The lowest BCUT2D eigenvalue weighted by Gasteiger charge is -2.16. The fourth-order valence-corrected chi connectivity index (χ4v) is 2.39. The third-order valence-corrected chi connectivity index (χ3v) is 3.89. The van der Waals surface area contributed by atoms with Gasteiger partial charge in [0.2, 0.25) is 0 Å². The highest BCUT2D eigenvalue weighted by Crippen LogP contribution is 2.24. The Hall–Kier alpha value is -2.57. The molecule has 0 saturated heterocycles. The number of nitrogens with one attached hydrogen (secondary N) is 3. The van der Waals surface area contributed by atoms with Crippen molar-refractivity contribution in [3.63, 3.8) is 0 Å². The minimum atomic E-state index is -0.691. The Kier molecular flexibility index (Phi) is 7.44. The fraction of sp³-hybridized carbons (Fsp3) is 0.158. The lowest BCUT2D eigenvalue weighted by Crippen LogP contribution is -2.30. The first-order valence-electron chi connectivity index (χ1n) is 7.97. The number of hydrogen-bond acceptors (Lipinski definition) is 3. The summed E-state index contributed by atoms with van der Waals surface area (Å²) < 4.78 is 5.60. The molecule has 5 nitrogen and oxygen atoms in total. The Labute approximate surface area is 163 Å². The van der Waals surface area contributed by atoms with Gasteiger partial charge in [-0.25, -0.2) is 0 Å². The Morgan fingerprint density at radius 1 is 1.19 bits per heavy atom. The molecule has 0 aliphatic rings. The van der Waals surface area contributed by atoms with Gasteiger partial charge < -0.3 is 20.7 Å². The second-order valence-electron chi connectivity index (χ2n) is 5.38. The van der Waals surface area contributed by atoms with Crippen molar-refractivity contribution in [1.82, 2.24) is 5.32 Å². The molecule has 0 saturated carbocycles. The molecule has 0 fully saturated rings. The Morgan fingerprint density at radius 2 is 1.81 bits per heavy atom. The van der Waals surface area contributed by atoms with Gasteiger partial charge in [-0.2, -0.15) is 0 Å². The summed E-state index contributed by atoms with van der Waals surface area (Å²) >= 11 is 11.2. The van der Waals surface area contributed by atoms with Gasteiger partial charge in [-0.1, -0.05) is 29.8 Å². The molecule has 2 aromatic carbocycles. The Bertz CT molecular complexity index is 781. The van der Waals surface area contributed by atoms with Crippen molar-refractivity contribution in [3.8, 4) is 5.75 Å². The first kappa shape index (κ1) is 19.8. The van der Waals surface area contributed by atoms with Crippen LogP contribution in [-0.2, 0) is 4.79 Å². The number of rotatable bonds is 7. The number of thiocarbonyl (C=S) groups is 1. The highest BCUT2D eigenvalue weighted by atomic mass is 35.5. The van der Waals surface area contributed by atoms with Crippen LogP contribution in [-0.4, -0.2) is 23.7 Å². The number of para-hydroxylation sites is 1. The highest BCUT2D eigenvalue weighted by Gasteiger charge is 2.16. The van der Waals surface area contributed by atoms with E-state index in [1.807, 2.05) is 12.1 Å². The summed E-state index contributed by atoms with van der Waals surface area (Å²) in [4.78, 5) is 12.3. The number of benzene rings is 2. The number of halogens is 1. The van der Waals surface area contributed by atoms with Crippen LogP contribution >= 0.6 is 23.8 Å². The monoisotopic (exact) mass is 389 g/mol. The van der Waals surface area contributed by atoms with Crippen molar-refractivity contribution in [3.05, 3.63) is 66.2 Å². The predicted molar refractivity (Wildman–Crippen MR) is 111 cm³/mol. The first-order valence-corrected chi connectivity index (χ1v) is 8.76. The minimum absolute atomic E-state index is 0.270. The number of amides is 1. The van der Waals surface area contributed by atoms with Gasteiger partial charge in [-0.05, 0) is 55.5 Å². The molecule has 1 unspecified atom stereocenters. The van der Waals surface area contributed by atoms with Crippen molar-refractivity contribution in [1.29, 1.82) is 0 Å². The van der Waals surface area contributed by atoms with Gasteiger partial charge >= 0.3 is 0 Å². The molecule has 0 aliphatic heterocycles. The van der Waals surface area contributed by atoms with Gasteiger partial charge in [0.15, 0.2) is 11.2 Å². The highest BCUT2D eigenvalue weighted by molar-refractivity contribution is 7.80. The maximum absolute atomic E-state index is 12.3. The van der Waals surface area contributed by atoms with Crippen molar-refractivity contribution in [2.24, 2.45) is 0 Å². The number of ether oxygens (including phenoxy) is 1. The zero-order valence-corrected chi connectivity index (χ0v) is 15.9. The lowest BCUT2D eigenvalue weighted by molar-refractivity contribution is -0.122. The summed E-state index contributed by atoms with van der Waals surface area (Å²) in [7, 11) is 0. The van der Waals surface area contributed by atoms with Gasteiger partial charge in [0, 0.05) is 17.9 Å². The van der Waals surface area contributed by atoms with Gasteiger partial charge in [-0.15, -0.1) is 6.58 Å². The average molecular weight is 390 g/mol. The maximum atomic E-state index is 12.3. The molecular weight excluding hydrogens is 370 g/mol. The van der Waals surface area contributed by atoms with E-state index >= 15 is 0 Å². The third-order valence-electron chi connectivity index (χ3n) is 3.33. The number of carbonyl (C=O) groups excluding carboxylic acids is 1. The summed E-state index contributed by atoms with van der Waals surface area (Å²) in [6.45, 7) is 5.87. The standard InChI is InChI=1S/C19H20ClN3O2S/c1-3-12-21-19(26)23-15-10-8-14(9-11-15)22-18(24)13(2)25-17-7-5-4-6-16(17)20/h3-11,13H,1,12H2,2H3,(H,22,24)(H2,21,23,26). The Morgan fingerprint density at radius 3 is 2.42 bits per heavy atom. The zero-order chi connectivity index (χ0) is 18.9. The van der Waals surface area contributed by atoms with E-state index in [1.54, 1.807) is 49.4 Å². The third kappa shape index (κ3) is 6.06. The largest absolute Gasteiger partial charge is 0.479 e. The minimum Gasteiger partial charge on any atom is -0.479 e. The van der Waals surface area contributed by atoms with Crippen molar-refractivity contribution < 1.29 is 9.53 Å². The van der Waals surface area contributed by atoms with Crippen LogP contribution in [0.1, 0.15) is 6.92 Å². The van der Waals surface area contributed by atoms with E-state index in [0.29, 0.717) is 28.1 Å². The molecule has 2 aromatic rings. The smallest absolute Gasteiger partial charge is 0.265 e. The van der Waals surface area contributed by atoms with Gasteiger partial charge in [-0.3, -0.25) is 4.79 Å². The summed E-state index contributed by atoms with van der Waals surface area (Å²) in [5.41, 5.74) is 1.46. The van der Waals surface area contributed by atoms with Crippen LogP contribution in [0, 0.1) is 0 Å². The number of carbonyl (C=O) groups is 1. The van der Waals surface area contributed by atoms with Crippen molar-refractivity contribution >= 4 is 46.2 Å². The molecule has 0 aromatic heterocycles. The summed E-state index contributed by atoms with van der Waals surface area (Å²) in [5, 5.41) is 9.78. The van der Waals surface area contributed by atoms with E-state index < -0.39 is 6.10 Å². The van der Waals surface area contributed by atoms with E-state index in [1.165, 1.54) is 0 Å². The van der Waals surface area contributed by atoms with Crippen LogP contribution in [0.2, 0.25) is 5.02 Å². The quantitative estimate of drug-likeness (QED) is 0.489. The molecule has 7 heteroatoms. The maximum Gasteiger partial charge on any atom is 0.265 e. The molecular formula is C19H20ClN3O2S. The van der Waals surface area contributed by atoms with E-state index in [-0.39, 0.29) is 5.91 Å². The second-order valence-corrected chi connectivity index (χ2v) is 6.20. The van der Waals surface area contributed by atoms with Crippen LogP contribution in [0.15, 0.2) is 61.2 Å². The SMILES string of the molecule is C=CCNC(=S)Nc1ccc(NC(=O)C(C)Oc2ccccc2Cl)cc1. The van der Waals surface area contributed by atoms with Crippen LogP contribution in [0.3, 0.4) is 0 Å². The van der Waals surface area contributed by atoms with Gasteiger partial charge in [0.25, 0.3) is 5.91 Å². The molecule has 136 valence electrons. The summed E-state index contributed by atoms with van der Waals surface area (Å²) in [6.07, 6.45) is 1.03. The molecule has 2 rings (SSSR count). The second kappa shape index (κ2) is 9.79. The van der Waals surface area contributed by atoms with E-state index in [4.69, 9.17) is 28.6 Å². The lowest BCUT2D eigenvalue weighted by atomic mass is 10.2. The zero-order valence-electron chi connectivity index (χ0n) is 14.3. The van der Waals surface area contributed by atoms with Crippen LogP contribution in [0.5, 0.6) is 5.75 Å². The van der Waals surface area contributed by atoms with Crippen LogP contribution in [0.4, 0.5) is 11.4 Å². The van der Waals surface area contributed by atoms with Crippen molar-refractivity contribution in [2.45, 2.75) is 13.0 Å². The normalized spacial score (nSPS) is 11.2. The fourth-order valence-electron chi connectivity index (χ4n) is 2.01. The van der Waals surface area contributed by atoms with E-state index in [2.05, 4.69) is 22.5 Å². The number of anilines is 2. The van der Waals surface area contributed by atoms with E-state index in [9.17, 15) is 4.79 Å². The molecule has 3 N–H and O–H groups in total. The van der Waals surface area contributed by atoms with Gasteiger partial charge in [0.05, 0.1) is 5.02 Å². The first-order chi connectivity index (χ1) is 12.5. The van der Waals surface area contributed by atoms with Crippen LogP contribution in [0.25, 0.3) is 0 Å². The van der Waals surface area contributed by atoms with Crippen LogP contribution < -0.4 is 20.7 Å². The molecule has 0 heterocycles. The molecule has 0 bridgehead atoms. The van der Waals surface area contributed by atoms with Gasteiger partial charge in [0.1, 0.15) is 5.75 Å². The molecule has 1 atom stereocenters. The Balaban J connectivity index is 1.89.